The fraction of sp³-hybridized carbons (Fsp3) is 0.182. The van der Waals surface area contributed by atoms with Gasteiger partial charge in [0.25, 0.3) is 0 Å². The predicted molar refractivity (Wildman–Crippen MR) is 108 cm³/mol. The molecule has 2 aromatic heterocycles. The second-order valence-electron chi connectivity index (χ2n) is 7.38. The van der Waals surface area contributed by atoms with Gasteiger partial charge in [0.1, 0.15) is 18.1 Å². The first-order valence-corrected chi connectivity index (χ1v) is 9.61. The zero-order chi connectivity index (χ0) is 19.4. The lowest BCUT2D eigenvalue weighted by Gasteiger charge is -2.12. The second-order valence-corrected chi connectivity index (χ2v) is 7.38. The van der Waals surface area contributed by atoms with Crippen LogP contribution in [0.3, 0.4) is 0 Å². The molecule has 7 nitrogen and oxygen atoms in total. The number of imidazole rings is 1. The summed E-state index contributed by atoms with van der Waals surface area (Å²) in [6.45, 7) is 2.67. The highest BCUT2D eigenvalue weighted by atomic mass is 16.5. The molecule has 0 saturated heterocycles. The molecule has 0 fully saturated rings. The predicted octanol–water partition coefficient (Wildman–Crippen LogP) is 3.18. The molecule has 29 heavy (non-hydrogen) atoms. The molecular formula is C22H18N6O. The third-order valence-corrected chi connectivity index (χ3v) is 5.48. The van der Waals surface area contributed by atoms with Crippen molar-refractivity contribution in [1.82, 2.24) is 24.5 Å². The quantitative estimate of drug-likeness (QED) is 0.470. The Morgan fingerprint density at radius 3 is 2.86 bits per heavy atom. The summed E-state index contributed by atoms with van der Waals surface area (Å²) >= 11 is 0. The number of aryl methyl sites for hydroxylation is 1. The molecule has 2 aliphatic heterocycles. The van der Waals surface area contributed by atoms with E-state index in [0.29, 0.717) is 18.9 Å². The summed E-state index contributed by atoms with van der Waals surface area (Å²) < 4.78 is 10.2. The van der Waals surface area contributed by atoms with Crippen LogP contribution in [0, 0.1) is 6.92 Å². The Bertz CT molecular complexity index is 1250. The summed E-state index contributed by atoms with van der Waals surface area (Å²) in [4.78, 5) is 9.35. The summed E-state index contributed by atoms with van der Waals surface area (Å²) in [5, 5.41) is 8.44. The van der Waals surface area contributed by atoms with Crippen molar-refractivity contribution in [3.63, 3.8) is 0 Å². The van der Waals surface area contributed by atoms with Gasteiger partial charge in [0.2, 0.25) is 5.90 Å². The molecule has 7 heteroatoms. The van der Waals surface area contributed by atoms with E-state index in [9.17, 15) is 0 Å². The lowest BCUT2D eigenvalue weighted by atomic mass is 10.1. The Morgan fingerprint density at radius 2 is 1.97 bits per heavy atom. The molecule has 6 rings (SSSR count). The maximum atomic E-state index is 6.21. The summed E-state index contributed by atoms with van der Waals surface area (Å²) in [5.74, 6) is 0.599. The van der Waals surface area contributed by atoms with Crippen LogP contribution >= 0.6 is 0 Å². The summed E-state index contributed by atoms with van der Waals surface area (Å²) in [5.41, 5.74) is 7.13. The zero-order valence-corrected chi connectivity index (χ0v) is 15.9. The van der Waals surface area contributed by atoms with Gasteiger partial charge in [-0.1, -0.05) is 41.6 Å². The van der Waals surface area contributed by atoms with Gasteiger partial charge in [0.15, 0.2) is 0 Å². The molecule has 1 atom stereocenters. The van der Waals surface area contributed by atoms with Crippen LogP contribution in [0.15, 0.2) is 66.0 Å². The third-order valence-electron chi connectivity index (χ3n) is 5.48. The number of rotatable bonds is 2. The molecule has 0 unspecified atom stereocenters. The SMILES string of the molecule is Cc1ccc2c(c1)-n1nncc1Cc1c(C3=NC[C@H](c4ccccc4)O3)ncn1-2. The van der Waals surface area contributed by atoms with E-state index >= 15 is 0 Å². The van der Waals surface area contributed by atoms with Crippen molar-refractivity contribution in [2.45, 2.75) is 19.4 Å². The first kappa shape index (κ1) is 16.2. The molecule has 0 radical (unpaired) electrons. The van der Waals surface area contributed by atoms with Crippen molar-refractivity contribution in [2.75, 3.05) is 6.54 Å². The van der Waals surface area contributed by atoms with Crippen LogP contribution in [0.2, 0.25) is 0 Å². The van der Waals surface area contributed by atoms with Crippen LogP contribution in [-0.2, 0) is 11.2 Å². The molecule has 0 bridgehead atoms. The fourth-order valence-corrected chi connectivity index (χ4v) is 4.03. The van der Waals surface area contributed by atoms with Crippen LogP contribution in [0.25, 0.3) is 11.4 Å². The van der Waals surface area contributed by atoms with Crippen molar-refractivity contribution in [1.29, 1.82) is 0 Å². The average molecular weight is 382 g/mol. The van der Waals surface area contributed by atoms with E-state index in [1.165, 1.54) is 5.56 Å². The summed E-state index contributed by atoms with van der Waals surface area (Å²) in [6, 6.07) is 16.5. The van der Waals surface area contributed by atoms with Gasteiger partial charge in [-0.3, -0.25) is 4.57 Å². The standard InChI is InChI=1S/C22H18N6O/c1-14-7-8-17-18(9-14)28-16(11-25-26-28)10-19-21(24-13-27(17)19)22-23-12-20(29-22)15-5-3-2-4-6-15/h2-9,11,13,20H,10,12H2,1H3/t20-/m1/s1. The molecule has 142 valence electrons. The van der Waals surface area contributed by atoms with Gasteiger partial charge in [0, 0.05) is 6.42 Å². The Hall–Kier alpha value is -3.74. The van der Waals surface area contributed by atoms with Gasteiger partial charge in [-0.2, -0.15) is 0 Å². The Kier molecular flexibility index (Phi) is 3.43. The maximum absolute atomic E-state index is 6.21. The highest BCUT2D eigenvalue weighted by Crippen LogP contribution is 2.32. The van der Waals surface area contributed by atoms with Crippen LogP contribution in [0.4, 0.5) is 0 Å². The van der Waals surface area contributed by atoms with Gasteiger partial charge in [-0.25, -0.2) is 14.7 Å². The molecule has 0 aliphatic carbocycles. The maximum Gasteiger partial charge on any atom is 0.238 e. The molecule has 0 saturated carbocycles. The van der Waals surface area contributed by atoms with E-state index in [1.54, 1.807) is 0 Å². The Morgan fingerprint density at radius 1 is 1.07 bits per heavy atom. The molecule has 2 aromatic carbocycles. The highest BCUT2D eigenvalue weighted by Gasteiger charge is 2.30. The molecule has 4 aromatic rings. The van der Waals surface area contributed by atoms with Crippen LogP contribution in [0.5, 0.6) is 0 Å². The Labute approximate surface area is 167 Å². The van der Waals surface area contributed by atoms with E-state index in [1.807, 2.05) is 35.4 Å². The molecule has 0 amide bonds. The van der Waals surface area contributed by atoms with Crippen LogP contribution in [0.1, 0.15) is 34.3 Å². The van der Waals surface area contributed by atoms with Gasteiger partial charge in [0.05, 0.1) is 35.5 Å². The number of aliphatic imine (C=N–C) groups is 1. The minimum absolute atomic E-state index is 0.0727. The number of nitrogens with zero attached hydrogens (tertiary/aromatic N) is 6. The zero-order valence-electron chi connectivity index (χ0n) is 15.9. The van der Waals surface area contributed by atoms with E-state index in [0.717, 1.165) is 34.0 Å². The van der Waals surface area contributed by atoms with Crippen molar-refractivity contribution in [3.05, 3.63) is 89.3 Å². The topological polar surface area (TPSA) is 70.1 Å². The number of benzene rings is 2. The smallest absolute Gasteiger partial charge is 0.238 e. The number of ether oxygens (including phenoxy) is 1. The number of fused-ring (bicyclic) bond motifs is 5. The fourth-order valence-electron chi connectivity index (χ4n) is 4.03. The summed E-state index contributed by atoms with van der Waals surface area (Å²) in [6.07, 6.45) is 4.23. The Balaban J connectivity index is 1.44. The lowest BCUT2D eigenvalue weighted by Crippen LogP contribution is -2.10. The number of aromatic nitrogens is 5. The monoisotopic (exact) mass is 382 g/mol. The van der Waals surface area contributed by atoms with Crippen molar-refractivity contribution >= 4 is 5.90 Å². The van der Waals surface area contributed by atoms with Gasteiger partial charge < -0.3 is 4.74 Å². The van der Waals surface area contributed by atoms with E-state index < -0.39 is 0 Å². The van der Waals surface area contributed by atoms with E-state index in [-0.39, 0.29) is 6.10 Å². The van der Waals surface area contributed by atoms with Gasteiger partial charge in [-0.05, 0) is 30.2 Å². The molecular weight excluding hydrogens is 364 g/mol. The van der Waals surface area contributed by atoms with Gasteiger partial charge in [-0.15, -0.1) is 5.10 Å². The summed E-state index contributed by atoms with van der Waals surface area (Å²) in [7, 11) is 0. The van der Waals surface area contributed by atoms with E-state index in [2.05, 4.69) is 62.1 Å². The average Bonchev–Trinajstić information content (AvgIpc) is 3.48. The minimum atomic E-state index is -0.0727. The normalized spacial score (nSPS) is 17.0. The van der Waals surface area contributed by atoms with Crippen molar-refractivity contribution in [3.8, 4) is 11.4 Å². The minimum Gasteiger partial charge on any atom is -0.466 e. The van der Waals surface area contributed by atoms with Gasteiger partial charge >= 0.3 is 0 Å². The van der Waals surface area contributed by atoms with Crippen LogP contribution < -0.4 is 0 Å². The lowest BCUT2D eigenvalue weighted by molar-refractivity contribution is 0.229. The van der Waals surface area contributed by atoms with Crippen LogP contribution in [-0.4, -0.2) is 37.0 Å². The second kappa shape index (κ2) is 6.13. The van der Waals surface area contributed by atoms with Crippen molar-refractivity contribution in [2.24, 2.45) is 4.99 Å². The van der Waals surface area contributed by atoms with Crippen molar-refractivity contribution < 1.29 is 4.74 Å². The highest BCUT2D eigenvalue weighted by molar-refractivity contribution is 5.95. The number of hydrogen-bond donors (Lipinski definition) is 0. The largest absolute Gasteiger partial charge is 0.466 e. The molecule has 2 aliphatic rings. The molecule has 4 heterocycles. The van der Waals surface area contributed by atoms with E-state index in [4.69, 9.17) is 4.74 Å². The number of hydrogen-bond acceptors (Lipinski definition) is 5. The third kappa shape index (κ3) is 2.51. The first-order chi connectivity index (χ1) is 14.3. The molecule has 0 N–H and O–H groups in total. The molecule has 0 spiro atoms. The first-order valence-electron chi connectivity index (χ1n) is 9.61.